The molecule has 2 aliphatic carbocycles. The lowest BCUT2D eigenvalue weighted by Crippen LogP contribution is -2.50. The topological polar surface area (TPSA) is 41.6 Å². The van der Waals surface area contributed by atoms with Crippen molar-refractivity contribution in [2.24, 2.45) is 11.8 Å². The van der Waals surface area contributed by atoms with E-state index in [9.17, 15) is 4.79 Å². The van der Waals surface area contributed by atoms with Crippen molar-refractivity contribution in [3.05, 3.63) is 30.3 Å². The molecule has 1 N–H and O–H groups in total. The highest BCUT2D eigenvalue weighted by atomic mass is 16.6. The molecule has 24 heavy (non-hydrogen) atoms. The molecular formula is C20H28N2O2. The van der Waals surface area contributed by atoms with Crippen LogP contribution in [0.3, 0.4) is 0 Å². The first-order valence-electron chi connectivity index (χ1n) is 9.58. The lowest BCUT2D eigenvalue weighted by molar-refractivity contribution is -0.0139. The van der Waals surface area contributed by atoms with Gasteiger partial charge in [-0.3, -0.25) is 10.2 Å². The van der Waals surface area contributed by atoms with Gasteiger partial charge in [0.15, 0.2) is 0 Å². The molecule has 1 heterocycles. The van der Waals surface area contributed by atoms with Gasteiger partial charge in [0, 0.05) is 17.6 Å². The van der Waals surface area contributed by atoms with E-state index in [0.29, 0.717) is 17.9 Å². The number of carbonyl (C=O) groups is 1. The van der Waals surface area contributed by atoms with Crippen LogP contribution in [-0.4, -0.2) is 36.2 Å². The van der Waals surface area contributed by atoms with Crippen LogP contribution < -0.4 is 5.32 Å². The zero-order valence-corrected chi connectivity index (χ0v) is 14.3. The molecule has 0 aromatic heterocycles. The van der Waals surface area contributed by atoms with Crippen LogP contribution in [0, 0.1) is 11.8 Å². The van der Waals surface area contributed by atoms with E-state index in [1.165, 1.54) is 58.0 Å². The summed E-state index contributed by atoms with van der Waals surface area (Å²) >= 11 is 0. The third-order valence-corrected chi connectivity index (χ3v) is 6.21. The highest BCUT2D eigenvalue weighted by molar-refractivity contribution is 5.84. The van der Waals surface area contributed by atoms with Crippen molar-refractivity contribution >= 4 is 11.8 Å². The summed E-state index contributed by atoms with van der Waals surface area (Å²) < 4.78 is 5.93. The molecule has 1 aromatic carbocycles. The van der Waals surface area contributed by atoms with Crippen LogP contribution in [0.4, 0.5) is 10.5 Å². The van der Waals surface area contributed by atoms with Gasteiger partial charge in [-0.25, -0.2) is 4.79 Å². The highest BCUT2D eigenvalue weighted by Crippen LogP contribution is 2.46. The molecule has 130 valence electrons. The third kappa shape index (κ3) is 3.30. The summed E-state index contributed by atoms with van der Waals surface area (Å²) in [5, 5.41) is 2.88. The Labute approximate surface area is 144 Å². The standard InChI is InChI=1S/C20H28N2O2/c23-20(21-16-7-3-1-4-8-16)24-19-15-9-11-17(19)18(12-10-15)22-13-5-2-6-14-22/h1,3-4,7-8,15,17-19H,2,5-6,9-14H2,(H,21,23)/t15-,17-,18+,19+/m1/s1. The Morgan fingerprint density at radius 1 is 1.00 bits per heavy atom. The molecule has 4 heteroatoms. The molecule has 2 bridgehead atoms. The molecular weight excluding hydrogens is 300 g/mol. The zero-order chi connectivity index (χ0) is 16.4. The summed E-state index contributed by atoms with van der Waals surface area (Å²) in [5.74, 6) is 1.10. The molecule has 4 rings (SSSR count). The fourth-order valence-electron chi connectivity index (χ4n) is 5.08. The molecule has 1 aliphatic heterocycles. The maximum absolute atomic E-state index is 12.3. The van der Waals surface area contributed by atoms with Crippen LogP contribution >= 0.6 is 0 Å². The number of hydrogen-bond acceptors (Lipinski definition) is 3. The van der Waals surface area contributed by atoms with Gasteiger partial charge in [0.25, 0.3) is 0 Å². The van der Waals surface area contributed by atoms with Crippen molar-refractivity contribution in [2.45, 2.75) is 57.1 Å². The Morgan fingerprint density at radius 3 is 2.54 bits per heavy atom. The van der Waals surface area contributed by atoms with Gasteiger partial charge in [-0.15, -0.1) is 0 Å². The summed E-state index contributed by atoms with van der Waals surface area (Å²) in [6, 6.07) is 10.2. The summed E-state index contributed by atoms with van der Waals surface area (Å²) in [5.41, 5.74) is 0.804. The quantitative estimate of drug-likeness (QED) is 0.900. The molecule has 1 aromatic rings. The number of ether oxygens (including phenoxy) is 1. The monoisotopic (exact) mass is 328 g/mol. The third-order valence-electron chi connectivity index (χ3n) is 6.21. The van der Waals surface area contributed by atoms with E-state index < -0.39 is 0 Å². The number of likely N-dealkylation sites (tertiary alicyclic amines) is 1. The summed E-state index contributed by atoms with van der Waals surface area (Å²) in [6.07, 6.45) is 8.77. The van der Waals surface area contributed by atoms with Crippen molar-refractivity contribution in [2.75, 3.05) is 18.4 Å². The van der Waals surface area contributed by atoms with Crippen LogP contribution in [-0.2, 0) is 4.74 Å². The summed E-state index contributed by atoms with van der Waals surface area (Å²) in [7, 11) is 0. The highest BCUT2D eigenvalue weighted by Gasteiger charge is 2.48. The molecule has 0 spiro atoms. The second-order valence-corrected chi connectivity index (χ2v) is 7.60. The van der Waals surface area contributed by atoms with Gasteiger partial charge in [-0.2, -0.15) is 0 Å². The number of hydrogen-bond donors (Lipinski definition) is 1. The number of amides is 1. The van der Waals surface area contributed by atoms with E-state index in [2.05, 4.69) is 10.2 Å². The average molecular weight is 328 g/mol. The molecule has 0 radical (unpaired) electrons. The molecule has 1 saturated heterocycles. The van der Waals surface area contributed by atoms with Crippen LogP contribution in [0.15, 0.2) is 30.3 Å². The Morgan fingerprint density at radius 2 is 1.75 bits per heavy atom. The fraction of sp³-hybridized carbons (Fsp3) is 0.650. The van der Waals surface area contributed by atoms with E-state index in [1.807, 2.05) is 30.3 Å². The van der Waals surface area contributed by atoms with Crippen LogP contribution in [0.25, 0.3) is 0 Å². The van der Waals surface area contributed by atoms with Crippen molar-refractivity contribution in [3.8, 4) is 0 Å². The number of benzene rings is 1. The van der Waals surface area contributed by atoms with Gasteiger partial charge in [0.05, 0.1) is 0 Å². The molecule has 1 amide bonds. The number of anilines is 1. The normalized spacial score (nSPS) is 33.2. The smallest absolute Gasteiger partial charge is 0.411 e. The predicted octanol–water partition coefficient (Wildman–Crippen LogP) is 4.28. The average Bonchev–Trinajstić information content (AvgIpc) is 2.87. The number of piperidine rings is 1. The second-order valence-electron chi connectivity index (χ2n) is 7.60. The fourth-order valence-corrected chi connectivity index (χ4v) is 5.08. The molecule has 4 atom stereocenters. The molecule has 3 aliphatic rings. The van der Waals surface area contributed by atoms with Crippen molar-refractivity contribution in [1.29, 1.82) is 0 Å². The predicted molar refractivity (Wildman–Crippen MR) is 95.0 cm³/mol. The van der Waals surface area contributed by atoms with Gasteiger partial charge in [0.2, 0.25) is 0 Å². The number of fused-ring (bicyclic) bond motifs is 2. The summed E-state index contributed by atoms with van der Waals surface area (Å²) in [6.45, 7) is 2.46. The van der Waals surface area contributed by atoms with E-state index in [0.717, 1.165) is 5.69 Å². The Hall–Kier alpha value is -1.55. The van der Waals surface area contributed by atoms with Gasteiger partial charge in [0.1, 0.15) is 6.10 Å². The SMILES string of the molecule is O=C(Nc1ccccc1)O[C@H]1[C@@H]2CC[C@@H]1[C@@H](N1CCCCC1)CC2. The number of carbonyl (C=O) groups excluding carboxylic acids is 1. The van der Waals surface area contributed by atoms with Crippen molar-refractivity contribution in [1.82, 2.24) is 4.90 Å². The van der Waals surface area contributed by atoms with Crippen molar-refractivity contribution < 1.29 is 9.53 Å². The minimum absolute atomic E-state index is 0.106. The Kier molecular flexibility index (Phi) is 4.74. The van der Waals surface area contributed by atoms with Gasteiger partial charge >= 0.3 is 6.09 Å². The summed E-state index contributed by atoms with van der Waals surface area (Å²) in [4.78, 5) is 15.0. The van der Waals surface area contributed by atoms with Gasteiger partial charge in [-0.05, 0) is 69.7 Å². The Balaban J connectivity index is 1.40. The maximum Gasteiger partial charge on any atom is 0.411 e. The zero-order valence-electron chi connectivity index (χ0n) is 14.3. The molecule has 2 saturated carbocycles. The van der Waals surface area contributed by atoms with E-state index in [-0.39, 0.29) is 12.2 Å². The first-order chi connectivity index (χ1) is 11.8. The first-order valence-corrected chi connectivity index (χ1v) is 9.58. The van der Waals surface area contributed by atoms with E-state index in [4.69, 9.17) is 4.74 Å². The largest absolute Gasteiger partial charge is 0.445 e. The number of rotatable bonds is 3. The molecule has 4 nitrogen and oxygen atoms in total. The lowest BCUT2D eigenvalue weighted by atomic mass is 9.81. The number of nitrogens with one attached hydrogen (secondary N) is 1. The number of para-hydroxylation sites is 1. The maximum atomic E-state index is 12.3. The van der Waals surface area contributed by atoms with Crippen LogP contribution in [0.2, 0.25) is 0 Å². The molecule has 0 unspecified atom stereocenters. The molecule has 3 fully saturated rings. The number of nitrogens with zero attached hydrogens (tertiary/aromatic N) is 1. The Bertz CT molecular complexity index is 556. The minimum atomic E-state index is -0.289. The van der Waals surface area contributed by atoms with Gasteiger partial charge < -0.3 is 4.74 Å². The van der Waals surface area contributed by atoms with Crippen molar-refractivity contribution in [3.63, 3.8) is 0 Å². The van der Waals surface area contributed by atoms with Crippen LogP contribution in [0.1, 0.15) is 44.9 Å². The van der Waals surface area contributed by atoms with E-state index >= 15 is 0 Å². The van der Waals surface area contributed by atoms with Gasteiger partial charge in [-0.1, -0.05) is 24.6 Å². The van der Waals surface area contributed by atoms with E-state index in [1.54, 1.807) is 0 Å². The second kappa shape index (κ2) is 7.14. The minimum Gasteiger partial charge on any atom is -0.445 e. The first kappa shape index (κ1) is 15.9. The van der Waals surface area contributed by atoms with Crippen LogP contribution in [0.5, 0.6) is 0 Å². The lowest BCUT2D eigenvalue weighted by Gasteiger charge is -2.43.